The van der Waals surface area contributed by atoms with E-state index in [2.05, 4.69) is 12.2 Å². The van der Waals surface area contributed by atoms with Crippen molar-refractivity contribution in [2.24, 2.45) is 5.92 Å². The van der Waals surface area contributed by atoms with Gasteiger partial charge in [0.2, 0.25) is 5.91 Å². The molecule has 1 unspecified atom stereocenters. The maximum atomic E-state index is 12.3. The zero-order chi connectivity index (χ0) is 13.7. The summed E-state index contributed by atoms with van der Waals surface area (Å²) in [7, 11) is 0. The Labute approximate surface area is 114 Å². The van der Waals surface area contributed by atoms with Crippen LogP contribution in [-0.4, -0.2) is 54.6 Å². The average molecular weight is 266 g/mol. The van der Waals surface area contributed by atoms with Crippen LogP contribution >= 0.6 is 0 Å². The first-order chi connectivity index (χ1) is 9.22. The van der Waals surface area contributed by atoms with E-state index in [1.807, 2.05) is 4.90 Å². The molecule has 0 aromatic rings. The van der Waals surface area contributed by atoms with Crippen molar-refractivity contribution in [3.63, 3.8) is 0 Å². The lowest BCUT2D eigenvalue weighted by atomic mass is 9.93. The summed E-state index contributed by atoms with van der Waals surface area (Å²) in [5.41, 5.74) is 0. The van der Waals surface area contributed by atoms with Crippen LogP contribution in [0.25, 0.3) is 0 Å². The number of rotatable bonds is 2. The summed E-state index contributed by atoms with van der Waals surface area (Å²) < 4.78 is 4.97. The molecule has 0 bridgehead atoms. The Kier molecular flexibility index (Phi) is 4.82. The van der Waals surface area contributed by atoms with Gasteiger partial charge in [0, 0.05) is 32.1 Å². The van der Waals surface area contributed by atoms with Crippen LogP contribution in [0.3, 0.4) is 0 Å². The number of nitrogens with zero attached hydrogens (tertiary/aromatic N) is 2. The molecular weight excluding hydrogens is 244 g/mol. The van der Waals surface area contributed by atoms with E-state index in [-0.39, 0.29) is 17.9 Å². The molecule has 0 N–H and O–H groups in total. The van der Waals surface area contributed by atoms with Crippen LogP contribution in [0, 0.1) is 5.92 Å². The average Bonchev–Trinajstić information content (AvgIpc) is 2.48. The first-order valence-corrected chi connectivity index (χ1v) is 7.08. The Morgan fingerprint density at radius 2 is 1.84 bits per heavy atom. The number of allylic oxidation sites excluding steroid dienone is 2. The zero-order valence-corrected chi connectivity index (χ0v) is 11.5. The normalized spacial score (nSPS) is 23.3. The summed E-state index contributed by atoms with van der Waals surface area (Å²) in [4.78, 5) is 27.4. The highest BCUT2D eigenvalue weighted by Gasteiger charge is 2.29. The second-order valence-corrected chi connectivity index (χ2v) is 4.99. The van der Waals surface area contributed by atoms with Crippen LogP contribution in [0.1, 0.15) is 26.2 Å². The third kappa shape index (κ3) is 3.49. The van der Waals surface area contributed by atoms with Crippen LogP contribution in [0.4, 0.5) is 4.79 Å². The highest BCUT2D eigenvalue weighted by molar-refractivity contribution is 5.79. The topological polar surface area (TPSA) is 49.9 Å². The van der Waals surface area contributed by atoms with E-state index in [1.165, 1.54) is 0 Å². The summed E-state index contributed by atoms with van der Waals surface area (Å²) in [6, 6.07) is 0. The summed E-state index contributed by atoms with van der Waals surface area (Å²) in [5.74, 6) is 0.381. The number of hydrogen-bond acceptors (Lipinski definition) is 3. The van der Waals surface area contributed by atoms with Crippen LogP contribution in [-0.2, 0) is 9.53 Å². The number of piperazine rings is 1. The first-order valence-electron chi connectivity index (χ1n) is 7.08. The Balaban J connectivity index is 1.80. The third-order valence-corrected chi connectivity index (χ3v) is 3.74. The molecule has 0 radical (unpaired) electrons. The van der Waals surface area contributed by atoms with E-state index in [0.717, 1.165) is 19.3 Å². The molecule has 5 nitrogen and oxygen atoms in total. The van der Waals surface area contributed by atoms with E-state index in [9.17, 15) is 9.59 Å². The van der Waals surface area contributed by atoms with Crippen molar-refractivity contribution in [3.05, 3.63) is 12.2 Å². The fourth-order valence-corrected chi connectivity index (χ4v) is 2.60. The Hall–Kier alpha value is -1.52. The first kappa shape index (κ1) is 13.9. The standard InChI is InChI=1S/C14H22N2O3/c1-2-19-14(18)16-10-8-15(9-11-16)13(17)12-6-4-3-5-7-12/h3-4,12H,2,5-11H2,1H3. The minimum Gasteiger partial charge on any atom is -0.450 e. The maximum Gasteiger partial charge on any atom is 0.409 e. The fourth-order valence-electron chi connectivity index (χ4n) is 2.60. The monoisotopic (exact) mass is 266 g/mol. The van der Waals surface area contributed by atoms with E-state index >= 15 is 0 Å². The van der Waals surface area contributed by atoms with Gasteiger partial charge in [-0.05, 0) is 26.2 Å². The molecule has 19 heavy (non-hydrogen) atoms. The Morgan fingerprint density at radius 1 is 1.16 bits per heavy atom. The Bertz CT molecular complexity index is 360. The number of carbonyl (C=O) groups is 2. The van der Waals surface area contributed by atoms with Gasteiger partial charge in [0.25, 0.3) is 0 Å². The molecule has 1 aliphatic heterocycles. The minimum absolute atomic E-state index is 0.138. The molecule has 0 spiro atoms. The lowest BCUT2D eigenvalue weighted by Gasteiger charge is -2.36. The van der Waals surface area contributed by atoms with Gasteiger partial charge in [-0.1, -0.05) is 12.2 Å². The van der Waals surface area contributed by atoms with Gasteiger partial charge in [-0.25, -0.2) is 4.79 Å². The van der Waals surface area contributed by atoms with Gasteiger partial charge in [0.05, 0.1) is 6.61 Å². The van der Waals surface area contributed by atoms with Crippen LogP contribution in [0.2, 0.25) is 0 Å². The number of amides is 2. The second-order valence-electron chi connectivity index (χ2n) is 4.99. The van der Waals surface area contributed by atoms with Gasteiger partial charge in [0.15, 0.2) is 0 Å². The predicted octanol–water partition coefficient (Wildman–Crippen LogP) is 1.64. The zero-order valence-electron chi connectivity index (χ0n) is 11.5. The summed E-state index contributed by atoms with van der Waals surface area (Å²) in [6.07, 6.45) is 6.78. The fraction of sp³-hybridized carbons (Fsp3) is 0.714. The van der Waals surface area contributed by atoms with Crippen molar-refractivity contribution in [1.29, 1.82) is 0 Å². The van der Waals surface area contributed by atoms with Crippen LogP contribution in [0.15, 0.2) is 12.2 Å². The molecule has 1 atom stereocenters. The van der Waals surface area contributed by atoms with Crippen molar-refractivity contribution in [2.75, 3.05) is 32.8 Å². The highest BCUT2D eigenvalue weighted by Crippen LogP contribution is 2.21. The lowest BCUT2D eigenvalue weighted by Crippen LogP contribution is -2.52. The largest absolute Gasteiger partial charge is 0.450 e. The van der Waals surface area contributed by atoms with Crippen LogP contribution < -0.4 is 0 Å². The molecule has 1 aliphatic carbocycles. The van der Waals surface area contributed by atoms with Gasteiger partial charge in [-0.3, -0.25) is 4.79 Å². The predicted molar refractivity (Wildman–Crippen MR) is 71.7 cm³/mol. The molecule has 106 valence electrons. The van der Waals surface area contributed by atoms with Gasteiger partial charge < -0.3 is 14.5 Å². The van der Waals surface area contributed by atoms with Crippen LogP contribution in [0.5, 0.6) is 0 Å². The minimum atomic E-state index is -0.268. The highest BCUT2D eigenvalue weighted by atomic mass is 16.6. The third-order valence-electron chi connectivity index (χ3n) is 3.74. The number of hydrogen-bond donors (Lipinski definition) is 0. The molecule has 5 heteroatoms. The molecular formula is C14H22N2O3. The molecule has 2 amide bonds. The maximum absolute atomic E-state index is 12.3. The molecule has 0 aromatic carbocycles. The SMILES string of the molecule is CCOC(=O)N1CCN(C(=O)C2CC=CCC2)CC1. The molecule has 1 heterocycles. The molecule has 0 saturated carbocycles. The van der Waals surface area contributed by atoms with Gasteiger partial charge in [-0.15, -0.1) is 0 Å². The number of ether oxygens (including phenoxy) is 1. The van der Waals surface area contributed by atoms with Crippen molar-refractivity contribution < 1.29 is 14.3 Å². The second kappa shape index (κ2) is 6.59. The van der Waals surface area contributed by atoms with E-state index < -0.39 is 0 Å². The van der Waals surface area contributed by atoms with Crippen molar-refractivity contribution in [3.8, 4) is 0 Å². The molecule has 1 fully saturated rings. The Morgan fingerprint density at radius 3 is 2.42 bits per heavy atom. The quantitative estimate of drug-likeness (QED) is 0.714. The smallest absolute Gasteiger partial charge is 0.409 e. The molecule has 1 saturated heterocycles. The number of carbonyl (C=O) groups excluding carboxylic acids is 2. The van der Waals surface area contributed by atoms with E-state index in [1.54, 1.807) is 11.8 Å². The van der Waals surface area contributed by atoms with Crippen molar-refractivity contribution in [1.82, 2.24) is 9.80 Å². The summed E-state index contributed by atoms with van der Waals surface area (Å²) in [5, 5.41) is 0. The summed E-state index contributed by atoms with van der Waals surface area (Å²) >= 11 is 0. The molecule has 2 aliphatic rings. The van der Waals surface area contributed by atoms with Gasteiger partial charge in [-0.2, -0.15) is 0 Å². The van der Waals surface area contributed by atoms with E-state index in [0.29, 0.717) is 32.8 Å². The van der Waals surface area contributed by atoms with E-state index in [4.69, 9.17) is 4.74 Å². The summed E-state index contributed by atoms with van der Waals surface area (Å²) in [6.45, 7) is 4.59. The lowest BCUT2D eigenvalue weighted by molar-refractivity contribution is -0.137. The molecule has 0 aromatic heterocycles. The van der Waals surface area contributed by atoms with Crippen molar-refractivity contribution >= 4 is 12.0 Å². The van der Waals surface area contributed by atoms with Crippen molar-refractivity contribution in [2.45, 2.75) is 26.2 Å². The van der Waals surface area contributed by atoms with Gasteiger partial charge >= 0.3 is 6.09 Å². The molecule has 2 rings (SSSR count). The van der Waals surface area contributed by atoms with Gasteiger partial charge in [0.1, 0.15) is 0 Å².